The maximum absolute atomic E-state index is 12.9. The van der Waals surface area contributed by atoms with Crippen LogP contribution in [-0.2, 0) is 9.53 Å². The second-order valence-corrected chi connectivity index (χ2v) is 2.71. The van der Waals surface area contributed by atoms with Gasteiger partial charge in [0, 0.05) is 12.2 Å². The van der Waals surface area contributed by atoms with Crippen LogP contribution in [0.4, 0.5) is 4.39 Å². The fourth-order valence-electron chi connectivity index (χ4n) is 1.04. The Morgan fingerprint density at radius 2 is 2.21 bits per heavy atom. The highest BCUT2D eigenvalue weighted by Crippen LogP contribution is 2.17. The molecule has 0 heterocycles. The Bertz CT molecular complexity index is 266. The van der Waals surface area contributed by atoms with Crippen molar-refractivity contribution in [2.75, 3.05) is 6.61 Å². The minimum atomic E-state index is -0.879. The van der Waals surface area contributed by atoms with E-state index in [1.165, 1.54) is 19.1 Å². The molecule has 2 nitrogen and oxygen atoms in total. The molecule has 0 rings (SSSR count). The number of carbonyl (C=O) groups excluding carboxylic acids is 1. The lowest BCUT2D eigenvalue weighted by Gasteiger charge is -2.15. The van der Waals surface area contributed by atoms with Gasteiger partial charge in [-0.25, -0.2) is 4.39 Å². The highest BCUT2D eigenvalue weighted by Gasteiger charge is 2.21. The van der Waals surface area contributed by atoms with E-state index >= 15 is 0 Å². The van der Waals surface area contributed by atoms with Crippen molar-refractivity contribution in [1.29, 1.82) is 0 Å². The van der Waals surface area contributed by atoms with Crippen molar-refractivity contribution in [1.82, 2.24) is 0 Å². The molecule has 1 unspecified atom stereocenters. The van der Waals surface area contributed by atoms with E-state index in [9.17, 15) is 9.18 Å². The van der Waals surface area contributed by atoms with Crippen molar-refractivity contribution in [3.8, 4) is 0 Å². The zero-order valence-electron chi connectivity index (χ0n) is 8.55. The number of halogens is 1. The number of ether oxygens (including phenoxy) is 1. The van der Waals surface area contributed by atoms with Crippen LogP contribution in [0.1, 0.15) is 13.8 Å². The van der Waals surface area contributed by atoms with Crippen LogP contribution in [-0.4, -0.2) is 18.5 Å². The van der Waals surface area contributed by atoms with Crippen LogP contribution in [0.2, 0.25) is 0 Å². The molecule has 1 atom stereocenters. The van der Waals surface area contributed by atoms with E-state index in [4.69, 9.17) is 4.74 Å². The first-order valence-electron chi connectivity index (χ1n) is 4.34. The van der Waals surface area contributed by atoms with Gasteiger partial charge in [-0.1, -0.05) is 25.3 Å². The molecule has 0 aliphatic rings. The number of hydrogen-bond donors (Lipinski definition) is 0. The maximum atomic E-state index is 12.9. The average Bonchev–Trinajstić information content (AvgIpc) is 2.10. The number of allylic oxidation sites excluding steroid dienone is 2. The number of hydrogen-bond acceptors (Lipinski definition) is 2. The Labute approximate surface area is 83.8 Å². The topological polar surface area (TPSA) is 26.3 Å². The Morgan fingerprint density at radius 3 is 2.50 bits per heavy atom. The molecule has 0 aromatic heterocycles. The molecule has 0 saturated carbocycles. The van der Waals surface area contributed by atoms with Gasteiger partial charge in [0.25, 0.3) is 0 Å². The third-order valence-corrected chi connectivity index (χ3v) is 1.60. The standard InChI is InChI=1S/C11H15FO2/c1-5-7-10(8(3)12)11(9(4)13)14-6-2/h5,7,11H,1,3,6H2,2,4H3/b10-7+. The van der Waals surface area contributed by atoms with Gasteiger partial charge in [-0.3, -0.25) is 4.79 Å². The van der Waals surface area contributed by atoms with Crippen molar-refractivity contribution in [2.45, 2.75) is 20.0 Å². The SMILES string of the molecule is C=C/C=C(\C(=C)F)C(OCC)C(C)=O. The van der Waals surface area contributed by atoms with Gasteiger partial charge in [0.15, 0.2) is 5.78 Å². The third-order valence-electron chi connectivity index (χ3n) is 1.60. The van der Waals surface area contributed by atoms with E-state index in [0.29, 0.717) is 6.61 Å². The van der Waals surface area contributed by atoms with E-state index in [1.807, 2.05) is 0 Å². The molecular weight excluding hydrogens is 183 g/mol. The summed E-state index contributed by atoms with van der Waals surface area (Å²) < 4.78 is 18.1. The Balaban J connectivity index is 4.92. The summed E-state index contributed by atoms with van der Waals surface area (Å²) in [6.07, 6.45) is 1.91. The third kappa shape index (κ3) is 3.66. The van der Waals surface area contributed by atoms with Gasteiger partial charge in [-0.15, -0.1) is 0 Å². The van der Waals surface area contributed by atoms with Crippen LogP contribution in [0.15, 0.2) is 36.7 Å². The zero-order chi connectivity index (χ0) is 11.1. The minimum absolute atomic E-state index is 0.134. The highest BCUT2D eigenvalue weighted by molar-refractivity contribution is 5.84. The summed E-state index contributed by atoms with van der Waals surface area (Å²) >= 11 is 0. The highest BCUT2D eigenvalue weighted by atomic mass is 19.1. The number of ketones is 1. The quantitative estimate of drug-likeness (QED) is 0.613. The Morgan fingerprint density at radius 1 is 1.64 bits per heavy atom. The van der Waals surface area contributed by atoms with E-state index in [1.54, 1.807) is 6.92 Å². The van der Waals surface area contributed by atoms with Gasteiger partial charge < -0.3 is 4.74 Å². The fourth-order valence-corrected chi connectivity index (χ4v) is 1.04. The monoisotopic (exact) mass is 198 g/mol. The lowest BCUT2D eigenvalue weighted by Crippen LogP contribution is -2.24. The largest absolute Gasteiger partial charge is 0.366 e. The Kier molecular flexibility index (Phi) is 5.72. The van der Waals surface area contributed by atoms with E-state index in [2.05, 4.69) is 13.2 Å². The molecule has 0 spiro atoms. The molecule has 0 N–H and O–H groups in total. The van der Waals surface area contributed by atoms with Crippen molar-refractivity contribution < 1.29 is 13.9 Å². The van der Waals surface area contributed by atoms with Crippen LogP contribution in [0, 0.1) is 0 Å². The molecule has 0 saturated heterocycles. The first-order valence-corrected chi connectivity index (χ1v) is 4.34. The van der Waals surface area contributed by atoms with E-state index in [0.717, 1.165) is 0 Å². The van der Waals surface area contributed by atoms with Gasteiger partial charge in [0.2, 0.25) is 0 Å². The summed E-state index contributed by atoms with van der Waals surface area (Å²) in [7, 11) is 0. The van der Waals surface area contributed by atoms with Gasteiger partial charge in [-0.2, -0.15) is 0 Å². The molecule has 0 amide bonds. The first-order chi connectivity index (χ1) is 6.54. The number of Topliss-reactive ketones (excluding diaryl/α,β-unsaturated/α-hetero) is 1. The van der Waals surface area contributed by atoms with E-state index in [-0.39, 0.29) is 11.4 Å². The van der Waals surface area contributed by atoms with Gasteiger partial charge in [-0.05, 0) is 13.8 Å². The molecule has 0 radical (unpaired) electrons. The summed E-state index contributed by atoms with van der Waals surface area (Å²) in [5, 5.41) is 0. The summed E-state index contributed by atoms with van der Waals surface area (Å²) in [5.74, 6) is -0.919. The predicted molar refractivity (Wildman–Crippen MR) is 54.6 cm³/mol. The molecule has 3 heteroatoms. The second kappa shape index (κ2) is 6.27. The summed E-state index contributed by atoms with van der Waals surface area (Å²) in [5.41, 5.74) is 0.134. The molecule has 0 aromatic rings. The molecule has 0 aliphatic heterocycles. The molecule has 14 heavy (non-hydrogen) atoms. The molecular formula is C11H15FO2. The minimum Gasteiger partial charge on any atom is -0.366 e. The smallest absolute Gasteiger partial charge is 0.163 e. The van der Waals surface area contributed by atoms with Crippen LogP contribution in [0.25, 0.3) is 0 Å². The van der Waals surface area contributed by atoms with Crippen molar-refractivity contribution in [3.63, 3.8) is 0 Å². The van der Waals surface area contributed by atoms with Gasteiger partial charge in [0.05, 0.1) is 0 Å². The van der Waals surface area contributed by atoms with Crippen LogP contribution >= 0.6 is 0 Å². The van der Waals surface area contributed by atoms with Crippen molar-refractivity contribution in [3.05, 3.63) is 36.7 Å². The van der Waals surface area contributed by atoms with Crippen LogP contribution in [0.3, 0.4) is 0 Å². The first kappa shape index (κ1) is 12.8. The zero-order valence-corrected chi connectivity index (χ0v) is 8.55. The van der Waals surface area contributed by atoms with Crippen LogP contribution in [0.5, 0.6) is 0 Å². The Hall–Kier alpha value is -1.22. The molecule has 0 bridgehead atoms. The molecule has 78 valence electrons. The maximum Gasteiger partial charge on any atom is 0.163 e. The van der Waals surface area contributed by atoms with E-state index < -0.39 is 11.9 Å². The number of carbonyl (C=O) groups is 1. The van der Waals surface area contributed by atoms with Crippen molar-refractivity contribution >= 4 is 5.78 Å². The summed E-state index contributed by atoms with van der Waals surface area (Å²) in [6.45, 7) is 10.0. The molecule has 0 aromatic carbocycles. The van der Waals surface area contributed by atoms with Gasteiger partial charge in [0.1, 0.15) is 11.9 Å². The number of rotatable bonds is 6. The lowest BCUT2D eigenvalue weighted by molar-refractivity contribution is -0.125. The van der Waals surface area contributed by atoms with Gasteiger partial charge >= 0.3 is 0 Å². The molecule has 0 fully saturated rings. The normalized spacial score (nSPS) is 13.5. The summed E-state index contributed by atoms with van der Waals surface area (Å²) in [4.78, 5) is 11.1. The average molecular weight is 198 g/mol. The second-order valence-electron chi connectivity index (χ2n) is 2.71. The predicted octanol–water partition coefficient (Wildman–Crippen LogP) is 2.58. The van der Waals surface area contributed by atoms with Crippen LogP contribution < -0.4 is 0 Å². The lowest BCUT2D eigenvalue weighted by atomic mass is 10.1. The summed E-state index contributed by atoms with van der Waals surface area (Å²) in [6, 6.07) is 0. The fraction of sp³-hybridized carbons (Fsp3) is 0.364. The molecule has 0 aliphatic carbocycles. The van der Waals surface area contributed by atoms with Crippen molar-refractivity contribution in [2.24, 2.45) is 0 Å².